The summed E-state index contributed by atoms with van der Waals surface area (Å²) in [7, 11) is -1.62. The van der Waals surface area contributed by atoms with E-state index in [0.29, 0.717) is 32.3 Å². The highest BCUT2D eigenvalue weighted by Gasteiger charge is 2.39. The van der Waals surface area contributed by atoms with Crippen LogP contribution in [0.4, 0.5) is 0 Å². The van der Waals surface area contributed by atoms with Gasteiger partial charge < -0.3 is 20.1 Å². The van der Waals surface area contributed by atoms with Crippen LogP contribution in [0.15, 0.2) is 12.2 Å². The number of carboxylic acids is 1. The average Bonchev–Trinajstić information content (AvgIpc) is 2.98. The summed E-state index contributed by atoms with van der Waals surface area (Å²) in [4.78, 5) is 22.9. The smallest absolute Gasteiger partial charge is 0.329 e. The van der Waals surface area contributed by atoms with Gasteiger partial charge in [0.25, 0.3) is 0 Å². The molecule has 0 radical (unpaired) electrons. The van der Waals surface area contributed by atoms with Crippen molar-refractivity contribution in [1.82, 2.24) is 0 Å². The number of aliphatic carboxylic acids is 1. The topological polar surface area (TPSA) is 104 Å². The van der Waals surface area contributed by atoms with Crippen molar-refractivity contribution in [3.8, 4) is 11.5 Å². The Bertz CT molecular complexity index is 702. The normalized spacial score (nSPS) is 22.8. The van der Waals surface area contributed by atoms with Gasteiger partial charge in [-0.25, -0.2) is 4.79 Å². The second-order valence-corrected chi connectivity index (χ2v) is 15.1. The standard InChI is InChI=1S/C26H44O6Si/c1-5-6-7-9-14-26(31,16-18-33(2,3)4)15-11-13-22-21(23(27)19-24(22)28)12-8-10-17-32-20-25(29)30/h11,13,21-22,24,28,31H,5-10,12,14-15,17,19-20H2,1-4H3,(H,29,30)/t21-,22-,24-,26?/m1/s1. The molecule has 6 nitrogen and oxygen atoms in total. The van der Waals surface area contributed by atoms with Gasteiger partial charge in [-0.05, 0) is 25.7 Å². The molecule has 33 heavy (non-hydrogen) atoms. The number of ether oxygens (including phenoxy) is 1. The molecule has 0 spiro atoms. The minimum atomic E-state index is -1.62. The summed E-state index contributed by atoms with van der Waals surface area (Å²) < 4.78 is 5.05. The lowest BCUT2D eigenvalue weighted by Gasteiger charge is -2.23. The van der Waals surface area contributed by atoms with Gasteiger partial charge >= 0.3 is 5.97 Å². The fourth-order valence-electron chi connectivity index (χ4n) is 4.10. The van der Waals surface area contributed by atoms with Crippen molar-refractivity contribution in [1.29, 1.82) is 0 Å². The number of carboxylic acid groups (broad SMARTS) is 1. The molecule has 1 fully saturated rings. The third kappa shape index (κ3) is 12.5. The number of carbonyl (C=O) groups is 2. The van der Waals surface area contributed by atoms with Gasteiger partial charge in [0.1, 0.15) is 26.1 Å². The van der Waals surface area contributed by atoms with E-state index in [0.717, 1.165) is 32.1 Å². The minimum absolute atomic E-state index is 0.0666. The number of unbranched alkanes of at least 4 members (excludes halogenated alkanes) is 4. The van der Waals surface area contributed by atoms with Crippen LogP contribution >= 0.6 is 0 Å². The molecule has 0 amide bonds. The van der Waals surface area contributed by atoms with Crippen molar-refractivity contribution in [3.63, 3.8) is 0 Å². The highest BCUT2D eigenvalue weighted by atomic mass is 28.3. The second kappa shape index (κ2) is 14.7. The van der Waals surface area contributed by atoms with E-state index in [4.69, 9.17) is 9.84 Å². The van der Waals surface area contributed by atoms with Crippen molar-refractivity contribution in [2.75, 3.05) is 13.2 Å². The van der Waals surface area contributed by atoms with Gasteiger partial charge in [-0.2, -0.15) is 0 Å². The summed E-state index contributed by atoms with van der Waals surface area (Å²) in [5.41, 5.74) is 2.24. The molecule has 1 unspecified atom stereocenters. The quantitative estimate of drug-likeness (QED) is 0.139. The second-order valence-electron chi connectivity index (χ2n) is 10.3. The zero-order chi connectivity index (χ0) is 24.9. The molecule has 4 atom stereocenters. The van der Waals surface area contributed by atoms with E-state index < -0.39 is 25.7 Å². The van der Waals surface area contributed by atoms with E-state index in [2.05, 4.69) is 38.0 Å². The SMILES string of the molecule is CCCCCCC(O)(C#C[Si](C)(C)C)CC=C[C@H]1[C@H](O)CC(=O)[C@@H]1CCCCOCC(=O)O. The Morgan fingerprint density at radius 2 is 1.94 bits per heavy atom. The fraction of sp³-hybridized carbons (Fsp3) is 0.769. The van der Waals surface area contributed by atoms with Crippen LogP contribution in [0.25, 0.3) is 0 Å². The van der Waals surface area contributed by atoms with E-state index in [-0.39, 0.29) is 30.6 Å². The Hall–Kier alpha value is -1.46. The molecule has 0 aromatic rings. The largest absolute Gasteiger partial charge is 0.480 e. The maximum Gasteiger partial charge on any atom is 0.329 e. The molecular weight excluding hydrogens is 436 g/mol. The Morgan fingerprint density at radius 1 is 1.21 bits per heavy atom. The minimum Gasteiger partial charge on any atom is -0.480 e. The Labute approximate surface area is 200 Å². The molecular formula is C26H44O6Si. The van der Waals surface area contributed by atoms with Crippen molar-refractivity contribution in [2.45, 2.75) is 102 Å². The van der Waals surface area contributed by atoms with E-state index >= 15 is 0 Å². The predicted molar refractivity (Wildman–Crippen MR) is 134 cm³/mol. The first-order valence-electron chi connectivity index (χ1n) is 12.4. The molecule has 7 heteroatoms. The number of carbonyl (C=O) groups excluding carboxylic acids is 1. The van der Waals surface area contributed by atoms with Crippen LogP contribution in [0.2, 0.25) is 19.6 Å². The molecule has 0 aromatic carbocycles. The van der Waals surface area contributed by atoms with Crippen LogP contribution in [-0.2, 0) is 14.3 Å². The molecule has 1 rings (SSSR count). The number of hydrogen-bond donors (Lipinski definition) is 3. The van der Waals surface area contributed by atoms with Crippen LogP contribution in [0.5, 0.6) is 0 Å². The van der Waals surface area contributed by atoms with Crippen LogP contribution in [0.1, 0.15) is 71.1 Å². The van der Waals surface area contributed by atoms with Gasteiger partial charge in [-0.15, -0.1) is 5.54 Å². The summed E-state index contributed by atoms with van der Waals surface area (Å²) >= 11 is 0. The van der Waals surface area contributed by atoms with Gasteiger partial charge in [-0.1, -0.05) is 70.3 Å². The summed E-state index contributed by atoms with van der Waals surface area (Å²) in [6.07, 6.45) is 10.6. The molecule has 1 saturated carbocycles. The van der Waals surface area contributed by atoms with Crippen LogP contribution < -0.4 is 0 Å². The van der Waals surface area contributed by atoms with Gasteiger partial charge in [0.2, 0.25) is 0 Å². The summed E-state index contributed by atoms with van der Waals surface area (Å²) in [5, 5.41) is 30.2. The third-order valence-corrected chi connectivity index (χ3v) is 6.82. The number of aliphatic hydroxyl groups excluding tert-OH is 1. The molecule has 0 saturated heterocycles. The molecule has 0 bridgehead atoms. The first kappa shape index (κ1) is 29.6. The van der Waals surface area contributed by atoms with E-state index in [1.807, 2.05) is 12.2 Å². The van der Waals surface area contributed by atoms with Gasteiger partial charge in [-0.3, -0.25) is 4.79 Å². The molecule has 188 valence electrons. The molecule has 1 aliphatic rings. The zero-order valence-electron chi connectivity index (χ0n) is 20.9. The summed E-state index contributed by atoms with van der Waals surface area (Å²) in [5.74, 6) is 1.73. The number of hydrogen-bond acceptors (Lipinski definition) is 5. The Balaban J connectivity index is 2.72. The fourth-order valence-corrected chi connectivity index (χ4v) is 4.71. The van der Waals surface area contributed by atoms with E-state index in [1.165, 1.54) is 0 Å². The zero-order valence-corrected chi connectivity index (χ0v) is 21.9. The lowest BCUT2D eigenvalue weighted by atomic mass is 9.87. The Morgan fingerprint density at radius 3 is 2.58 bits per heavy atom. The van der Waals surface area contributed by atoms with Gasteiger partial charge in [0, 0.05) is 31.3 Å². The van der Waals surface area contributed by atoms with Crippen molar-refractivity contribution < 1.29 is 29.6 Å². The van der Waals surface area contributed by atoms with E-state index in [9.17, 15) is 19.8 Å². The molecule has 0 heterocycles. The third-order valence-electron chi connectivity index (χ3n) is 5.94. The summed E-state index contributed by atoms with van der Waals surface area (Å²) in [6.45, 7) is 8.67. The van der Waals surface area contributed by atoms with Crippen molar-refractivity contribution in [3.05, 3.63) is 12.2 Å². The lowest BCUT2D eigenvalue weighted by Crippen LogP contribution is -2.28. The number of ketones is 1. The van der Waals surface area contributed by atoms with Crippen LogP contribution in [0.3, 0.4) is 0 Å². The van der Waals surface area contributed by atoms with Crippen LogP contribution in [0, 0.1) is 23.3 Å². The molecule has 1 aliphatic carbocycles. The molecule has 0 aliphatic heterocycles. The molecule has 0 aromatic heterocycles. The van der Waals surface area contributed by atoms with Crippen molar-refractivity contribution >= 4 is 19.8 Å². The maximum atomic E-state index is 12.4. The highest BCUT2D eigenvalue weighted by molar-refractivity contribution is 6.83. The monoisotopic (exact) mass is 480 g/mol. The molecule has 3 N–H and O–H groups in total. The van der Waals surface area contributed by atoms with Gasteiger partial charge in [0.15, 0.2) is 0 Å². The number of aliphatic hydroxyl groups is 2. The number of rotatable bonds is 15. The average molecular weight is 481 g/mol. The first-order chi connectivity index (χ1) is 15.5. The van der Waals surface area contributed by atoms with Crippen molar-refractivity contribution in [2.24, 2.45) is 11.8 Å². The maximum absolute atomic E-state index is 12.4. The number of Topliss-reactive ketones (excluding diaryl/α,β-unsaturated/α-hetero) is 1. The first-order valence-corrected chi connectivity index (χ1v) is 15.9. The van der Waals surface area contributed by atoms with Gasteiger partial charge in [0.05, 0.1) is 6.10 Å². The van der Waals surface area contributed by atoms with Crippen LogP contribution in [-0.4, -0.2) is 60.1 Å². The Kier molecular flexibility index (Phi) is 13.2. The lowest BCUT2D eigenvalue weighted by molar-refractivity contribution is -0.142. The predicted octanol–water partition coefficient (Wildman–Crippen LogP) is 4.35. The highest BCUT2D eigenvalue weighted by Crippen LogP contribution is 2.34. The van der Waals surface area contributed by atoms with E-state index in [1.54, 1.807) is 0 Å². The summed E-state index contributed by atoms with van der Waals surface area (Å²) in [6, 6.07) is 0.